The van der Waals surface area contributed by atoms with Gasteiger partial charge in [-0.25, -0.2) is 0 Å². The minimum atomic E-state index is -3.60. The second kappa shape index (κ2) is 4.24. The highest BCUT2D eigenvalue weighted by Crippen LogP contribution is 2.27. The van der Waals surface area contributed by atoms with Crippen LogP contribution in [0.4, 0.5) is 0 Å². The van der Waals surface area contributed by atoms with Crippen LogP contribution in [0.2, 0.25) is 0 Å². The van der Waals surface area contributed by atoms with E-state index in [1.165, 1.54) is 12.4 Å². The number of benzene rings is 1. The molecule has 0 bridgehead atoms. The maximum atomic E-state index is 12.5. The highest BCUT2D eigenvalue weighted by Gasteiger charge is 2.23. The van der Waals surface area contributed by atoms with Crippen molar-refractivity contribution in [2.24, 2.45) is 0 Å². The smallest absolute Gasteiger partial charge is 0.199 e. The van der Waals surface area contributed by atoms with Crippen LogP contribution in [0.15, 0.2) is 29.4 Å². The molecule has 96 valence electrons. The number of rotatable bonds is 2. The first-order chi connectivity index (χ1) is 8.35. The van der Waals surface area contributed by atoms with Crippen LogP contribution in [0.1, 0.15) is 22.3 Å². The molecule has 1 heterocycles. The normalized spacial score (nSPS) is 11.8. The quantitative estimate of drug-likeness (QED) is 0.836. The molecule has 2 aromatic rings. The largest absolute Gasteiger partial charge is 0.283 e. The van der Waals surface area contributed by atoms with E-state index in [0.717, 1.165) is 26.3 Å². The molecule has 0 unspecified atom stereocenters. The van der Waals surface area contributed by atoms with E-state index in [4.69, 9.17) is 0 Å². The van der Waals surface area contributed by atoms with Crippen LogP contribution in [0, 0.1) is 27.7 Å². The lowest BCUT2D eigenvalue weighted by molar-refractivity contribution is 0.578. The molecule has 0 aliphatic rings. The Balaban J connectivity index is 2.81. The SMILES string of the molecule is Cc1cc(C)c(C)c(S(=O)(=O)n2cccn2)c1C. The van der Waals surface area contributed by atoms with Crippen molar-refractivity contribution >= 4 is 10.0 Å². The summed E-state index contributed by atoms with van der Waals surface area (Å²) in [6.45, 7) is 7.50. The molecule has 0 aliphatic carbocycles. The predicted octanol–water partition coefficient (Wildman–Crippen LogP) is 2.35. The monoisotopic (exact) mass is 264 g/mol. The Morgan fingerprint density at radius 2 is 1.61 bits per heavy atom. The van der Waals surface area contributed by atoms with Gasteiger partial charge in [-0.15, -0.1) is 0 Å². The summed E-state index contributed by atoms with van der Waals surface area (Å²) in [6.07, 6.45) is 2.91. The molecule has 0 amide bonds. The summed E-state index contributed by atoms with van der Waals surface area (Å²) in [7, 11) is -3.60. The Morgan fingerprint density at radius 3 is 2.06 bits per heavy atom. The van der Waals surface area contributed by atoms with E-state index in [-0.39, 0.29) is 0 Å². The molecule has 18 heavy (non-hydrogen) atoms. The van der Waals surface area contributed by atoms with Crippen LogP contribution in [0.3, 0.4) is 0 Å². The molecule has 2 rings (SSSR count). The zero-order valence-electron chi connectivity index (χ0n) is 10.9. The van der Waals surface area contributed by atoms with Crippen molar-refractivity contribution in [3.8, 4) is 0 Å². The Hall–Kier alpha value is -1.62. The molecule has 5 heteroatoms. The molecule has 0 aliphatic heterocycles. The van der Waals surface area contributed by atoms with Gasteiger partial charge in [-0.2, -0.15) is 17.6 Å². The molecule has 0 spiro atoms. The van der Waals surface area contributed by atoms with Crippen LogP contribution < -0.4 is 0 Å². The molecule has 0 fully saturated rings. The van der Waals surface area contributed by atoms with Crippen LogP contribution in [0.25, 0.3) is 0 Å². The maximum absolute atomic E-state index is 12.5. The lowest BCUT2D eigenvalue weighted by atomic mass is 10.0. The fraction of sp³-hybridized carbons (Fsp3) is 0.308. The van der Waals surface area contributed by atoms with E-state index in [2.05, 4.69) is 5.10 Å². The number of aromatic nitrogens is 2. The fourth-order valence-corrected chi connectivity index (χ4v) is 3.75. The van der Waals surface area contributed by atoms with E-state index < -0.39 is 10.0 Å². The van der Waals surface area contributed by atoms with Gasteiger partial charge in [0, 0.05) is 6.20 Å². The van der Waals surface area contributed by atoms with Crippen molar-refractivity contribution in [3.05, 3.63) is 46.8 Å². The van der Waals surface area contributed by atoms with Gasteiger partial charge in [0.25, 0.3) is 10.0 Å². The van der Waals surface area contributed by atoms with Gasteiger partial charge in [-0.05, 0) is 56.0 Å². The molecule has 0 N–H and O–H groups in total. The summed E-state index contributed by atoms with van der Waals surface area (Å²) in [5.74, 6) is 0. The summed E-state index contributed by atoms with van der Waals surface area (Å²) in [4.78, 5) is 0.365. The van der Waals surface area contributed by atoms with Gasteiger partial charge in [-0.1, -0.05) is 6.07 Å². The summed E-state index contributed by atoms with van der Waals surface area (Å²) in [5, 5.41) is 3.83. The van der Waals surface area contributed by atoms with Gasteiger partial charge in [0.2, 0.25) is 0 Å². The average Bonchev–Trinajstić information content (AvgIpc) is 2.80. The molecule has 0 atom stereocenters. The third-order valence-electron chi connectivity index (χ3n) is 3.28. The Labute approximate surface area is 107 Å². The van der Waals surface area contributed by atoms with Crippen LogP contribution >= 0.6 is 0 Å². The molecule has 0 radical (unpaired) electrons. The minimum absolute atomic E-state index is 0.365. The second-order valence-corrected chi connectivity index (χ2v) is 6.21. The number of hydrogen-bond acceptors (Lipinski definition) is 3. The topological polar surface area (TPSA) is 52.0 Å². The lowest BCUT2D eigenvalue weighted by Gasteiger charge is -2.15. The first-order valence-corrected chi connectivity index (χ1v) is 7.12. The zero-order chi connectivity index (χ0) is 13.5. The predicted molar refractivity (Wildman–Crippen MR) is 70.2 cm³/mol. The second-order valence-electron chi connectivity index (χ2n) is 4.47. The van der Waals surface area contributed by atoms with Crippen LogP contribution in [-0.2, 0) is 10.0 Å². The molecule has 0 saturated carbocycles. The van der Waals surface area contributed by atoms with Crippen molar-refractivity contribution < 1.29 is 8.42 Å². The summed E-state index contributed by atoms with van der Waals surface area (Å²) in [6, 6.07) is 3.61. The average molecular weight is 264 g/mol. The molecular weight excluding hydrogens is 248 g/mol. The van der Waals surface area contributed by atoms with Gasteiger partial charge in [0.1, 0.15) is 0 Å². The molecule has 1 aromatic heterocycles. The van der Waals surface area contributed by atoms with Crippen LogP contribution in [-0.4, -0.2) is 17.6 Å². The lowest BCUT2D eigenvalue weighted by Crippen LogP contribution is -2.17. The zero-order valence-corrected chi connectivity index (χ0v) is 11.7. The Bertz CT molecular complexity index is 660. The molecule has 1 aromatic carbocycles. The van der Waals surface area contributed by atoms with E-state index in [1.54, 1.807) is 6.07 Å². The number of nitrogens with zero attached hydrogens (tertiary/aromatic N) is 2. The fourth-order valence-electron chi connectivity index (χ4n) is 2.06. The van der Waals surface area contributed by atoms with Gasteiger partial charge >= 0.3 is 0 Å². The molecule has 4 nitrogen and oxygen atoms in total. The summed E-state index contributed by atoms with van der Waals surface area (Å²) < 4.78 is 26.1. The van der Waals surface area contributed by atoms with Crippen molar-refractivity contribution in [1.29, 1.82) is 0 Å². The third kappa shape index (κ3) is 1.84. The van der Waals surface area contributed by atoms with E-state index in [1.807, 2.05) is 33.8 Å². The maximum Gasteiger partial charge on any atom is 0.283 e. The van der Waals surface area contributed by atoms with E-state index in [0.29, 0.717) is 4.90 Å². The van der Waals surface area contributed by atoms with Crippen molar-refractivity contribution in [2.45, 2.75) is 32.6 Å². The summed E-state index contributed by atoms with van der Waals surface area (Å²) >= 11 is 0. The first kappa shape index (κ1) is 12.8. The highest BCUT2D eigenvalue weighted by atomic mass is 32.2. The van der Waals surface area contributed by atoms with Gasteiger partial charge in [0.05, 0.1) is 11.1 Å². The number of hydrogen-bond donors (Lipinski definition) is 0. The number of aryl methyl sites for hydroxylation is 2. The summed E-state index contributed by atoms with van der Waals surface area (Å²) in [5.41, 5.74) is 3.52. The minimum Gasteiger partial charge on any atom is -0.199 e. The standard InChI is InChI=1S/C13H16N2O2S/c1-9-8-10(2)12(4)13(11(9)3)18(16,17)15-7-5-6-14-15/h5-8H,1-4H3. The van der Waals surface area contributed by atoms with Gasteiger partial charge < -0.3 is 0 Å². The highest BCUT2D eigenvalue weighted by molar-refractivity contribution is 7.90. The third-order valence-corrected chi connectivity index (χ3v) is 5.12. The van der Waals surface area contributed by atoms with Crippen molar-refractivity contribution in [2.75, 3.05) is 0 Å². The Morgan fingerprint density at radius 1 is 1.06 bits per heavy atom. The van der Waals surface area contributed by atoms with Crippen LogP contribution in [0.5, 0.6) is 0 Å². The molecular formula is C13H16N2O2S. The van der Waals surface area contributed by atoms with E-state index >= 15 is 0 Å². The van der Waals surface area contributed by atoms with Crippen molar-refractivity contribution in [1.82, 2.24) is 9.19 Å². The van der Waals surface area contributed by atoms with Gasteiger partial charge in [-0.3, -0.25) is 0 Å². The Kier molecular flexibility index (Phi) is 3.02. The van der Waals surface area contributed by atoms with Crippen molar-refractivity contribution in [3.63, 3.8) is 0 Å². The first-order valence-electron chi connectivity index (χ1n) is 5.68. The van der Waals surface area contributed by atoms with E-state index in [9.17, 15) is 8.42 Å². The molecule has 0 saturated heterocycles. The van der Waals surface area contributed by atoms with Gasteiger partial charge in [0.15, 0.2) is 0 Å².